The molecule has 0 unspecified atom stereocenters. The Hall–Kier alpha value is -2.32. The summed E-state index contributed by atoms with van der Waals surface area (Å²) in [5.74, 6) is -1.55. The maximum absolute atomic E-state index is 12.0. The largest absolute Gasteiger partial charge is 0.573 e. The number of rotatable bonds is 6. The number of alkyl halides is 3. The molecular formula is C11H9F3N2O5S. The lowest BCUT2D eigenvalue weighted by molar-refractivity contribution is -0.274. The van der Waals surface area contributed by atoms with E-state index >= 15 is 0 Å². The van der Waals surface area contributed by atoms with Crippen molar-refractivity contribution >= 4 is 16.0 Å². The summed E-state index contributed by atoms with van der Waals surface area (Å²) in [6.07, 6.45) is -4.89. The standard InChI is InChI=1S/C11H9F3N2O5S/c12-11(13,14)21-8-1-3-9(4-2-8)22(18,19)16-7-10(17)20-6-5-15/h1-4,16H,6-7H2. The summed E-state index contributed by atoms with van der Waals surface area (Å²) in [6, 6.07) is 4.92. The molecule has 1 aromatic rings. The minimum Gasteiger partial charge on any atom is -0.449 e. The quantitative estimate of drug-likeness (QED) is 0.774. The van der Waals surface area contributed by atoms with Crippen LogP contribution in [0.2, 0.25) is 0 Å². The van der Waals surface area contributed by atoms with Crippen molar-refractivity contribution in [2.45, 2.75) is 11.3 Å². The highest BCUT2D eigenvalue weighted by molar-refractivity contribution is 7.89. The molecule has 0 saturated carbocycles. The molecule has 1 N–H and O–H groups in total. The highest BCUT2D eigenvalue weighted by atomic mass is 32.2. The van der Waals surface area contributed by atoms with Gasteiger partial charge in [-0.15, -0.1) is 13.2 Å². The number of nitriles is 1. The molecule has 0 fully saturated rings. The molecule has 0 atom stereocenters. The zero-order valence-corrected chi connectivity index (χ0v) is 11.6. The van der Waals surface area contributed by atoms with Crippen LogP contribution in [0, 0.1) is 11.3 Å². The summed E-state index contributed by atoms with van der Waals surface area (Å²) >= 11 is 0. The second-order valence-electron chi connectivity index (χ2n) is 3.66. The Bertz CT molecular complexity index is 664. The van der Waals surface area contributed by atoms with E-state index in [1.165, 1.54) is 6.07 Å². The van der Waals surface area contributed by atoms with Crippen molar-refractivity contribution < 1.29 is 35.9 Å². The van der Waals surface area contributed by atoms with E-state index in [1.54, 1.807) is 0 Å². The lowest BCUT2D eigenvalue weighted by Gasteiger charge is -2.10. The van der Waals surface area contributed by atoms with Gasteiger partial charge >= 0.3 is 12.3 Å². The number of hydrogen-bond donors (Lipinski definition) is 1. The summed E-state index contributed by atoms with van der Waals surface area (Å²) in [7, 11) is -4.11. The van der Waals surface area contributed by atoms with E-state index in [4.69, 9.17) is 5.26 Å². The topological polar surface area (TPSA) is 105 Å². The van der Waals surface area contributed by atoms with Gasteiger partial charge in [0.15, 0.2) is 6.61 Å². The first-order chi connectivity index (χ1) is 10.1. The second kappa shape index (κ2) is 7.10. The molecule has 0 aliphatic rings. The number of ether oxygens (including phenoxy) is 2. The molecule has 1 rings (SSSR count). The Morgan fingerprint density at radius 1 is 1.27 bits per heavy atom. The molecule has 0 radical (unpaired) electrons. The van der Waals surface area contributed by atoms with E-state index in [9.17, 15) is 26.4 Å². The van der Waals surface area contributed by atoms with Gasteiger partial charge < -0.3 is 9.47 Å². The first kappa shape index (κ1) is 17.7. The molecule has 0 bridgehead atoms. The number of benzene rings is 1. The predicted molar refractivity (Wildman–Crippen MR) is 64.9 cm³/mol. The molecular weight excluding hydrogens is 329 g/mol. The zero-order chi connectivity index (χ0) is 16.8. The van der Waals surface area contributed by atoms with Gasteiger partial charge in [-0.3, -0.25) is 4.79 Å². The molecule has 7 nitrogen and oxygen atoms in total. The van der Waals surface area contributed by atoms with Gasteiger partial charge in [-0.05, 0) is 24.3 Å². The smallest absolute Gasteiger partial charge is 0.449 e. The lowest BCUT2D eigenvalue weighted by Crippen LogP contribution is -2.30. The van der Waals surface area contributed by atoms with E-state index < -0.39 is 41.3 Å². The molecule has 120 valence electrons. The Kier molecular flexibility index (Phi) is 5.72. The first-order valence-electron chi connectivity index (χ1n) is 5.52. The van der Waals surface area contributed by atoms with Crippen molar-refractivity contribution in [1.82, 2.24) is 4.72 Å². The number of esters is 1. The normalized spacial score (nSPS) is 11.5. The van der Waals surface area contributed by atoms with Gasteiger partial charge in [0.25, 0.3) is 0 Å². The predicted octanol–water partition coefficient (Wildman–Crippen LogP) is 0.930. The van der Waals surface area contributed by atoms with E-state index in [0.717, 1.165) is 24.3 Å². The van der Waals surface area contributed by atoms with Crippen molar-refractivity contribution in [1.29, 1.82) is 5.26 Å². The van der Waals surface area contributed by atoms with Crippen molar-refractivity contribution in [3.05, 3.63) is 24.3 Å². The third-order valence-corrected chi connectivity index (χ3v) is 3.49. The third-order valence-electron chi connectivity index (χ3n) is 2.07. The van der Waals surface area contributed by atoms with Crippen molar-refractivity contribution in [3.63, 3.8) is 0 Å². The van der Waals surface area contributed by atoms with Crippen LogP contribution in [-0.2, 0) is 19.6 Å². The molecule has 0 aliphatic carbocycles. The summed E-state index contributed by atoms with van der Waals surface area (Å²) in [4.78, 5) is 10.7. The molecule has 0 aliphatic heterocycles. The SMILES string of the molecule is N#CCOC(=O)CNS(=O)(=O)c1ccc(OC(F)(F)F)cc1. The number of halogens is 3. The lowest BCUT2D eigenvalue weighted by atomic mass is 10.3. The first-order valence-corrected chi connectivity index (χ1v) is 7.00. The van der Waals surface area contributed by atoms with Gasteiger partial charge in [0.1, 0.15) is 18.4 Å². The van der Waals surface area contributed by atoms with Crippen LogP contribution in [-0.4, -0.2) is 33.9 Å². The average Bonchev–Trinajstić information content (AvgIpc) is 2.42. The fourth-order valence-corrected chi connectivity index (χ4v) is 2.19. The van der Waals surface area contributed by atoms with Crippen molar-refractivity contribution in [2.24, 2.45) is 0 Å². The number of carbonyl (C=O) groups is 1. The van der Waals surface area contributed by atoms with Gasteiger partial charge in [-0.1, -0.05) is 0 Å². The number of nitrogens with one attached hydrogen (secondary N) is 1. The zero-order valence-electron chi connectivity index (χ0n) is 10.8. The summed E-state index contributed by atoms with van der Waals surface area (Å²) < 4.78 is 69.2. The molecule has 0 spiro atoms. The number of hydrogen-bond acceptors (Lipinski definition) is 6. The van der Waals surface area contributed by atoms with Crippen LogP contribution in [0.25, 0.3) is 0 Å². The molecule has 0 amide bonds. The summed E-state index contributed by atoms with van der Waals surface area (Å²) in [5.41, 5.74) is 0. The summed E-state index contributed by atoms with van der Waals surface area (Å²) in [5, 5.41) is 8.17. The van der Waals surface area contributed by atoms with Crippen LogP contribution >= 0.6 is 0 Å². The van der Waals surface area contributed by atoms with Crippen molar-refractivity contribution in [3.8, 4) is 11.8 Å². The maximum atomic E-state index is 12.0. The fraction of sp³-hybridized carbons (Fsp3) is 0.273. The molecule has 1 aromatic carbocycles. The van der Waals surface area contributed by atoms with Crippen LogP contribution in [0.4, 0.5) is 13.2 Å². The van der Waals surface area contributed by atoms with Crippen molar-refractivity contribution in [2.75, 3.05) is 13.2 Å². The Labute approximate surface area is 123 Å². The Morgan fingerprint density at radius 2 is 1.86 bits per heavy atom. The summed E-state index contributed by atoms with van der Waals surface area (Å²) in [6.45, 7) is -1.24. The van der Waals surface area contributed by atoms with Crippen LogP contribution < -0.4 is 9.46 Å². The van der Waals surface area contributed by atoms with Gasteiger partial charge in [0, 0.05) is 0 Å². The van der Waals surface area contributed by atoms with Gasteiger partial charge in [0.05, 0.1) is 4.90 Å². The minimum absolute atomic E-state index is 0.366. The van der Waals surface area contributed by atoms with Gasteiger partial charge in [0.2, 0.25) is 10.0 Å². The van der Waals surface area contributed by atoms with E-state index in [1.807, 2.05) is 4.72 Å². The highest BCUT2D eigenvalue weighted by Crippen LogP contribution is 2.23. The number of nitrogens with zero attached hydrogens (tertiary/aromatic N) is 1. The fourth-order valence-electron chi connectivity index (χ4n) is 1.22. The molecule has 11 heteroatoms. The van der Waals surface area contributed by atoms with E-state index in [0.29, 0.717) is 0 Å². The molecule has 0 heterocycles. The molecule has 0 aromatic heterocycles. The number of carbonyl (C=O) groups excluding carboxylic acids is 1. The number of sulfonamides is 1. The molecule has 22 heavy (non-hydrogen) atoms. The maximum Gasteiger partial charge on any atom is 0.573 e. The van der Waals surface area contributed by atoms with Crippen LogP contribution in [0.15, 0.2) is 29.2 Å². The minimum atomic E-state index is -4.89. The third kappa shape index (κ3) is 5.98. The van der Waals surface area contributed by atoms with E-state index in [2.05, 4.69) is 9.47 Å². The van der Waals surface area contributed by atoms with Crippen LogP contribution in [0.5, 0.6) is 5.75 Å². The van der Waals surface area contributed by atoms with E-state index in [-0.39, 0.29) is 4.90 Å². The monoisotopic (exact) mass is 338 g/mol. The van der Waals surface area contributed by atoms with Gasteiger partial charge in [-0.2, -0.15) is 9.98 Å². The Morgan fingerprint density at radius 3 is 2.36 bits per heavy atom. The second-order valence-corrected chi connectivity index (χ2v) is 5.43. The van der Waals surface area contributed by atoms with Gasteiger partial charge in [-0.25, -0.2) is 8.42 Å². The average molecular weight is 338 g/mol. The molecule has 0 saturated heterocycles. The highest BCUT2D eigenvalue weighted by Gasteiger charge is 2.31. The Balaban J connectivity index is 2.70. The van der Waals surface area contributed by atoms with Crippen LogP contribution in [0.1, 0.15) is 0 Å². The van der Waals surface area contributed by atoms with Crippen LogP contribution in [0.3, 0.4) is 0 Å².